The lowest BCUT2D eigenvalue weighted by atomic mass is 10.1. The van der Waals surface area contributed by atoms with Crippen molar-refractivity contribution in [3.63, 3.8) is 0 Å². The van der Waals surface area contributed by atoms with Crippen molar-refractivity contribution in [1.29, 1.82) is 0 Å². The van der Waals surface area contributed by atoms with Gasteiger partial charge in [-0.15, -0.1) is 0 Å². The average Bonchev–Trinajstić information content (AvgIpc) is 3.14. The Morgan fingerprint density at radius 3 is 2.65 bits per heavy atom. The minimum Gasteiger partial charge on any atom is -0.482 e. The van der Waals surface area contributed by atoms with E-state index in [1.807, 2.05) is 41.8 Å². The van der Waals surface area contributed by atoms with Crippen LogP contribution in [0.4, 0.5) is 11.8 Å². The maximum absolute atomic E-state index is 6.08. The lowest BCUT2D eigenvalue weighted by Gasteiger charge is -2.27. The van der Waals surface area contributed by atoms with E-state index < -0.39 is 0 Å². The van der Waals surface area contributed by atoms with Crippen LogP contribution >= 0.6 is 15.9 Å². The molecule has 3 aromatic rings. The molecule has 1 aliphatic heterocycles. The molecule has 0 aliphatic carbocycles. The number of fused-ring (bicyclic) bond motifs is 1. The number of nitrogens with two attached hydrogens (primary N) is 1. The number of rotatable bonds is 6. The Balaban J connectivity index is 1.81. The number of nitrogens with zero attached hydrogens (tertiary/aromatic N) is 6. The molecule has 0 spiro atoms. The van der Waals surface area contributed by atoms with Crippen LogP contribution in [0.15, 0.2) is 45.9 Å². The molecule has 0 saturated carbocycles. The minimum atomic E-state index is 0.269. The summed E-state index contributed by atoms with van der Waals surface area (Å²) >= 11 is 3.54. The van der Waals surface area contributed by atoms with Gasteiger partial charge in [0.1, 0.15) is 0 Å². The molecule has 0 amide bonds. The molecule has 2 N–H and O–H groups in total. The van der Waals surface area contributed by atoms with E-state index in [1.165, 1.54) is 7.11 Å². The molecule has 31 heavy (non-hydrogen) atoms. The third kappa shape index (κ3) is 4.40. The van der Waals surface area contributed by atoms with Crippen molar-refractivity contribution in [2.45, 2.75) is 13.5 Å². The standard InChI is InChI=1S/C21H24BrN7O2/c1-3-29-19-16(25-20(29)22)18(28-9-11-31-12-10-28)26-21(27-19)24-13-15(17(23)30-2)14-7-5-4-6-8-14/h4-8,13H,3,9-12,23H2,1-2H3. The smallest absolute Gasteiger partial charge is 0.253 e. The van der Waals surface area contributed by atoms with E-state index in [4.69, 9.17) is 20.2 Å². The summed E-state index contributed by atoms with van der Waals surface area (Å²) in [5.41, 5.74) is 9.10. The van der Waals surface area contributed by atoms with Crippen molar-refractivity contribution in [3.05, 3.63) is 46.5 Å². The summed E-state index contributed by atoms with van der Waals surface area (Å²) in [5.74, 6) is 1.34. The first-order valence-corrected chi connectivity index (χ1v) is 10.8. The van der Waals surface area contributed by atoms with Crippen LogP contribution in [0.25, 0.3) is 16.7 Å². The number of ether oxygens (including phenoxy) is 2. The Kier molecular flexibility index (Phi) is 6.47. The Morgan fingerprint density at radius 2 is 1.97 bits per heavy atom. The average molecular weight is 486 g/mol. The topological polar surface area (TPSA) is 104 Å². The predicted molar refractivity (Wildman–Crippen MR) is 124 cm³/mol. The first-order valence-electron chi connectivity index (χ1n) is 10.0. The highest BCUT2D eigenvalue weighted by Gasteiger charge is 2.22. The number of anilines is 1. The number of morpholine rings is 1. The number of imidazole rings is 1. The number of halogens is 1. The molecule has 0 atom stereocenters. The summed E-state index contributed by atoms with van der Waals surface area (Å²) in [6, 6.07) is 9.70. The van der Waals surface area contributed by atoms with Gasteiger partial charge in [-0.25, -0.2) is 9.98 Å². The van der Waals surface area contributed by atoms with Crippen LogP contribution in [0.1, 0.15) is 12.5 Å². The van der Waals surface area contributed by atoms with Gasteiger partial charge in [-0.05, 0) is 28.4 Å². The molecule has 1 aliphatic rings. The SMILES string of the molecule is CCn1c(Br)nc2c(N3CCOCC3)nc(N=CC(=C(N)OC)c3ccccc3)nc21. The van der Waals surface area contributed by atoms with Crippen LogP contribution in [-0.4, -0.2) is 59.1 Å². The number of benzene rings is 1. The third-order valence-electron chi connectivity index (χ3n) is 5.02. The molecule has 10 heteroatoms. The summed E-state index contributed by atoms with van der Waals surface area (Å²) in [6.07, 6.45) is 1.64. The van der Waals surface area contributed by atoms with Gasteiger partial charge in [0.05, 0.1) is 25.9 Å². The van der Waals surface area contributed by atoms with Crippen molar-refractivity contribution in [3.8, 4) is 0 Å². The van der Waals surface area contributed by atoms with Crippen LogP contribution in [0.5, 0.6) is 0 Å². The predicted octanol–water partition coefficient (Wildman–Crippen LogP) is 3.12. The maximum atomic E-state index is 6.08. The Morgan fingerprint density at radius 1 is 1.23 bits per heavy atom. The summed E-state index contributed by atoms with van der Waals surface area (Å²) in [4.78, 5) is 20.8. The Bertz CT molecular complexity index is 1120. The first-order chi connectivity index (χ1) is 15.1. The molecule has 2 aromatic heterocycles. The second-order valence-electron chi connectivity index (χ2n) is 6.85. The summed E-state index contributed by atoms with van der Waals surface area (Å²) in [7, 11) is 1.53. The molecule has 3 heterocycles. The zero-order chi connectivity index (χ0) is 21.8. The number of hydrogen-bond acceptors (Lipinski definition) is 8. The first kappa shape index (κ1) is 21.3. The number of aliphatic imine (C=N–C) groups is 1. The Labute approximate surface area is 188 Å². The fourth-order valence-corrected chi connectivity index (χ4v) is 4.01. The second kappa shape index (κ2) is 9.44. The van der Waals surface area contributed by atoms with Crippen LogP contribution in [0.2, 0.25) is 0 Å². The molecule has 4 rings (SSSR count). The van der Waals surface area contributed by atoms with Gasteiger partial charge in [0.2, 0.25) is 0 Å². The zero-order valence-electron chi connectivity index (χ0n) is 17.5. The highest BCUT2D eigenvalue weighted by Crippen LogP contribution is 2.29. The number of aromatic nitrogens is 4. The van der Waals surface area contributed by atoms with Crippen molar-refractivity contribution in [2.24, 2.45) is 10.7 Å². The van der Waals surface area contributed by atoms with Gasteiger partial charge in [-0.2, -0.15) is 9.97 Å². The molecule has 9 nitrogen and oxygen atoms in total. The monoisotopic (exact) mass is 485 g/mol. The fraction of sp³-hybridized carbons (Fsp3) is 0.333. The molecule has 0 bridgehead atoms. The van der Waals surface area contributed by atoms with Gasteiger partial charge in [-0.3, -0.25) is 0 Å². The van der Waals surface area contributed by atoms with Gasteiger partial charge < -0.3 is 24.7 Å². The van der Waals surface area contributed by atoms with E-state index in [1.54, 1.807) is 6.21 Å². The highest BCUT2D eigenvalue weighted by molar-refractivity contribution is 9.10. The molecule has 1 fully saturated rings. The van der Waals surface area contributed by atoms with E-state index >= 15 is 0 Å². The Hall–Kier alpha value is -2.98. The van der Waals surface area contributed by atoms with Gasteiger partial charge in [0, 0.05) is 25.8 Å². The van der Waals surface area contributed by atoms with Crippen LogP contribution in [-0.2, 0) is 16.0 Å². The largest absolute Gasteiger partial charge is 0.482 e. The zero-order valence-corrected chi connectivity index (χ0v) is 19.0. The number of allylic oxidation sites excluding steroid dienone is 1. The van der Waals surface area contributed by atoms with Crippen molar-refractivity contribution in [1.82, 2.24) is 19.5 Å². The molecule has 0 unspecified atom stereocenters. The molecule has 1 aromatic carbocycles. The molecule has 1 saturated heterocycles. The van der Waals surface area contributed by atoms with Gasteiger partial charge in [0.15, 0.2) is 27.6 Å². The van der Waals surface area contributed by atoms with Gasteiger partial charge in [0.25, 0.3) is 5.95 Å². The van der Waals surface area contributed by atoms with Crippen LogP contribution in [0, 0.1) is 0 Å². The number of hydrogen-bond donors (Lipinski definition) is 1. The second-order valence-corrected chi connectivity index (χ2v) is 7.56. The van der Waals surface area contributed by atoms with Crippen molar-refractivity contribution in [2.75, 3.05) is 38.3 Å². The number of aryl methyl sites for hydroxylation is 1. The lowest BCUT2D eigenvalue weighted by Crippen LogP contribution is -2.37. The van der Waals surface area contributed by atoms with Gasteiger partial charge in [-0.1, -0.05) is 30.3 Å². The minimum absolute atomic E-state index is 0.269. The van der Waals surface area contributed by atoms with E-state index in [0.717, 1.165) is 35.6 Å². The summed E-state index contributed by atoms with van der Waals surface area (Å²) in [5, 5.41) is 0. The van der Waals surface area contributed by atoms with E-state index in [2.05, 4.69) is 35.8 Å². The molecular weight excluding hydrogens is 462 g/mol. The van der Waals surface area contributed by atoms with E-state index in [-0.39, 0.29) is 5.88 Å². The van der Waals surface area contributed by atoms with Crippen molar-refractivity contribution >= 4 is 50.6 Å². The van der Waals surface area contributed by atoms with Crippen LogP contribution < -0.4 is 10.6 Å². The van der Waals surface area contributed by atoms with Gasteiger partial charge >= 0.3 is 0 Å². The van der Waals surface area contributed by atoms with E-state index in [0.29, 0.717) is 36.0 Å². The fourth-order valence-electron chi connectivity index (χ4n) is 3.41. The quantitative estimate of drug-likeness (QED) is 0.324. The highest BCUT2D eigenvalue weighted by atomic mass is 79.9. The summed E-state index contributed by atoms with van der Waals surface area (Å²) in [6.45, 7) is 5.51. The van der Waals surface area contributed by atoms with E-state index in [9.17, 15) is 0 Å². The maximum Gasteiger partial charge on any atom is 0.253 e. The third-order valence-corrected chi connectivity index (χ3v) is 5.63. The van der Waals surface area contributed by atoms with Crippen LogP contribution in [0.3, 0.4) is 0 Å². The molecule has 0 radical (unpaired) electrons. The normalized spacial score (nSPS) is 15.5. The molecular formula is C21H24BrN7O2. The lowest BCUT2D eigenvalue weighted by molar-refractivity contribution is 0.122. The summed E-state index contributed by atoms with van der Waals surface area (Å²) < 4.78 is 13.5. The van der Waals surface area contributed by atoms with Crippen molar-refractivity contribution < 1.29 is 9.47 Å². The molecule has 162 valence electrons. The number of methoxy groups -OCH3 is 1.